The summed E-state index contributed by atoms with van der Waals surface area (Å²) in [7, 11) is -4.38. The molecule has 9 nitrogen and oxygen atoms in total. The van der Waals surface area contributed by atoms with E-state index in [1.165, 1.54) is 77.0 Å². The smallest absolute Gasteiger partial charge is 0.462 e. The van der Waals surface area contributed by atoms with Crippen LogP contribution in [0.25, 0.3) is 0 Å². The van der Waals surface area contributed by atoms with Gasteiger partial charge in [-0.3, -0.25) is 18.6 Å². The van der Waals surface area contributed by atoms with Crippen LogP contribution in [0, 0.1) is 0 Å². The zero-order chi connectivity index (χ0) is 42.5. The molecule has 2 atom stereocenters. The molecule has 0 fully saturated rings. The Balaban J connectivity index is 3.97. The van der Waals surface area contributed by atoms with E-state index in [-0.39, 0.29) is 32.6 Å². The first-order valence-electron chi connectivity index (χ1n) is 23.3. The van der Waals surface area contributed by atoms with Crippen molar-refractivity contribution in [1.82, 2.24) is 0 Å². The number of unbranched alkanes of at least 4 members (excludes halogenated alkanes) is 20. The average Bonchev–Trinajstić information content (AvgIpc) is 3.21. The van der Waals surface area contributed by atoms with Crippen LogP contribution in [0.15, 0.2) is 60.8 Å². The van der Waals surface area contributed by atoms with Crippen molar-refractivity contribution in [2.24, 2.45) is 5.73 Å². The first kappa shape index (κ1) is 55.7. The molecule has 336 valence electrons. The number of esters is 2. The monoisotopic (exact) mass is 836 g/mol. The molecular formula is C48H86NO8P. The second-order valence-corrected chi connectivity index (χ2v) is 16.7. The Hall–Kier alpha value is -2.29. The van der Waals surface area contributed by atoms with Crippen LogP contribution in [0.1, 0.15) is 200 Å². The van der Waals surface area contributed by atoms with Crippen molar-refractivity contribution >= 4 is 19.8 Å². The summed E-state index contributed by atoms with van der Waals surface area (Å²) in [6, 6.07) is 0. The molecule has 0 radical (unpaired) electrons. The lowest BCUT2D eigenvalue weighted by Crippen LogP contribution is -2.29. The summed E-state index contributed by atoms with van der Waals surface area (Å²) in [6.07, 6.45) is 52.7. The molecule has 2 unspecified atom stereocenters. The predicted octanol–water partition coefficient (Wildman–Crippen LogP) is 13.7. The van der Waals surface area contributed by atoms with Gasteiger partial charge in [-0.15, -0.1) is 0 Å². The molecule has 0 heterocycles. The molecule has 10 heteroatoms. The summed E-state index contributed by atoms with van der Waals surface area (Å²) >= 11 is 0. The third kappa shape index (κ3) is 43.3. The summed E-state index contributed by atoms with van der Waals surface area (Å²) in [6.45, 7) is 3.55. The number of phosphoric acid groups is 1. The Labute approximate surface area is 355 Å². The van der Waals surface area contributed by atoms with Crippen molar-refractivity contribution in [2.45, 2.75) is 206 Å². The fourth-order valence-corrected chi connectivity index (χ4v) is 6.98. The minimum atomic E-state index is -4.38. The second-order valence-electron chi connectivity index (χ2n) is 15.2. The highest BCUT2D eigenvalue weighted by Crippen LogP contribution is 2.43. The Bertz CT molecular complexity index is 1130. The van der Waals surface area contributed by atoms with Crippen molar-refractivity contribution < 1.29 is 37.6 Å². The van der Waals surface area contributed by atoms with Gasteiger partial charge in [-0.1, -0.05) is 177 Å². The number of hydrogen-bond acceptors (Lipinski definition) is 8. The number of hydrogen-bond donors (Lipinski definition) is 2. The molecule has 0 aliphatic carbocycles. The van der Waals surface area contributed by atoms with E-state index >= 15 is 0 Å². The quantitative estimate of drug-likeness (QED) is 0.0266. The molecule has 0 amide bonds. The normalized spacial score (nSPS) is 13.8. The number of ether oxygens (including phenoxy) is 2. The van der Waals surface area contributed by atoms with Gasteiger partial charge >= 0.3 is 19.8 Å². The first-order chi connectivity index (χ1) is 28.3. The van der Waals surface area contributed by atoms with Gasteiger partial charge in [0, 0.05) is 19.4 Å². The number of allylic oxidation sites excluding steroid dienone is 10. The number of nitrogens with two attached hydrogens (primary N) is 1. The summed E-state index contributed by atoms with van der Waals surface area (Å²) in [5.41, 5.74) is 5.35. The maximum atomic E-state index is 12.6. The molecule has 0 rings (SSSR count). The van der Waals surface area contributed by atoms with Gasteiger partial charge in [0.2, 0.25) is 0 Å². The van der Waals surface area contributed by atoms with Crippen LogP contribution in [0.5, 0.6) is 0 Å². The Morgan fingerprint density at radius 2 is 0.948 bits per heavy atom. The fraction of sp³-hybridized carbons (Fsp3) is 0.750. The molecule has 0 saturated heterocycles. The lowest BCUT2D eigenvalue weighted by Gasteiger charge is -2.19. The van der Waals surface area contributed by atoms with Gasteiger partial charge in [-0.2, -0.15) is 0 Å². The standard InChI is InChI=1S/C48H86NO8P/c1-3-5-7-9-11-13-15-16-17-18-19-20-21-22-23-24-25-26-27-28-29-30-31-33-35-37-39-41-48(51)57-46(45-56-58(52,53)55-43-42-49)44-54-47(50)40-38-36-34-32-14-12-10-8-6-4-2/h5,7-8,10-11,13,16-17,19-20,46H,3-4,6,9,12,14-15,18,21-45,49H2,1-2H3,(H,52,53)/b7-5-,10-8-,13-11-,17-16-,20-19-. The van der Waals surface area contributed by atoms with Crippen LogP contribution in [0.2, 0.25) is 0 Å². The maximum Gasteiger partial charge on any atom is 0.472 e. The van der Waals surface area contributed by atoms with Crippen LogP contribution < -0.4 is 5.73 Å². The lowest BCUT2D eigenvalue weighted by atomic mass is 10.0. The van der Waals surface area contributed by atoms with E-state index in [0.717, 1.165) is 89.9 Å². The van der Waals surface area contributed by atoms with Gasteiger partial charge in [-0.05, 0) is 70.6 Å². The summed E-state index contributed by atoms with van der Waals surface area (Å²) < 4.78 is 32.8. The molecule has 0 aromatic heterocycles. The molecule has 3 N–H and O–H groups in total. The van der Waals surface area contributed by atoms with Crippen molar-refractivity contribution in [2.75, 3.05) is 26.4 Å². The zero-order valence-electron chi connectivity index (χ0n) is 37.0. The van der Waals surface area contributed by atoms with Crippen molar-refractivity contribution in [3.05, 3.63) is 60.8 Å². The fourth-order valence-electron chi connectivity index (χ4n) is 6.22. The van der Waals surface area contributed by atoms with E-state index in [2.05, 4.69) is 74.6 Å². The van der Waals surface area contributed by atoms with E-state index in [4.69, 9.17) is 24.3 Å². The molecule has 0 bridgehead atoms. The van der Waals surface area contributed by atoms with E-state index in [9.17, 15) is 19.0 Å². The lowest BCUT2D eigenvalue weighted by molar-refractivity contribution is -0.161. The SMILES string of the molecule is CC/C=C\C/C=C\C/C=C\C/C=C\CCCCCCCCCCCCCCCCC(=O)OC(COC(=O)CCCCCCC/C=C\CCC)COP(=O)(O)OCCN. The second kappa shape index (κ2) is 44.3. The van der Waals surface area contributed by atoms with Gasteiger partial charge in [0.25, 0.3) is 0 Å². The van der Waals surface area contributed by atoms with Crippen molar-refractivity contribution in [3.63, 3.8) is 0 Å². The van der Waals surface area contributed by atoms with E-state index in [1.54, 1.807) is 0 Å². The summed E-state index contributed by atoms with van der Waals surface area (Å²) in [5.74, 6) is -0.842. The van der Waals surface area contributed by atoms with Crippen LogP contribution in [-0.4, -0.2) is 49.3 Å². The highest BCUT2D eigenvalue weighted by molar-refractivity contribution is 7.47. The van der Waals surface area contributed by atoms with Gasteiger partial charge in [0.1, 0.15) is 6.61 Å². The van der Waals surface area contributed by atoms with Crippen molar-refractivity contribution in [1.29, 1.82) is 0 Å². The number of carbonyl (C=O) groups excluding carboxylic acids is 2. The van der Waals surface area contributed by atoms with Gasteiger partial charge in [0.15, 0.2) is 6.10 Å². The number of rotatable bonds is 43. The molecule has 0 saturated carbocycles. The predicted molar refractivity (Wildman–Crippen MR) is 243 cm³/mol. The van der Waals surface area contributed by atoms with Crippen LogP contribution in [0.3, 0.4) is 0 Å². The first-order valence-corrected chi connectivity index (χ1v) is 24.8. The summed E-state index contributed by atoms with van der Waals surface area (Å²) in [5, 5.41) is 0. The molecular weight excluding hydrogens is 750 g/mol. The molecule has 0 spiro atoms. The Morgan fingerprint density at radius 3 is 1.43 bits per heavy atom. The molecule has 0 aliphatic heterocycles. The van der Waals surface area contributed by atoms with Gasteiger partial charge in [-0.25, -0.2) is 4.57 Å². The Morgan fingerprint density at radius 1 is 0.534 bits per heavy atom. The third-order valence-corrected chi connectivity index (χ3v) is 10.6. The highest BCUT2D eigenvalue weighted by atomic mass is 31.2. The minimum absolute atomic E-state index is 0.0508. The maximum absolute atomic E-state index is 12.6. The highest BCUT2D eigenvalue weighted by Gasteiger charge is 2.26. The third-order valence-electron chi connectivity index (χ3n) is 9.62. The van der Waals surface area contributed by atoms with Crippen LogP contribution in [-0.2, 0) is 32.7 Å². The topological polar surface area (TPSA) is 134 Å². The number of phosphoric ester groups is 1. The van der Waals surface area contributed by atoms with Crippen LogP contribution >= 0.6 is 7.82 Å². The molecule has 0 aliphatic rings. The van der Waals surface area contributed by atoms with E-state index in [0.29, 0.717) is 6.42 Å². The van der Waals surface area contributed by atoms with Gasteiger partial charge < -0.3 is 20.1 Å². The largest absolute Gasteiger partial charge is 0.472 e. The number of carbonyl (C=O) groups is 2. The zero-order valence-corrected chi connectivity index (χ0v) is 37.9. The average molecular weight is 836 g/mol. The molecule has 58 heavy (non-hydrogen) atoms. The van der Waals surface area contributed by atoms with Gasteiger partial charge in [0.05, 0.1) is 13.2 Å². The molecule has 0 aromatic rings. The van der Waals surface area contributed by atoms with Crippen LogP contribution in [0.4, 0.5) is 0 Å². The molecule has 0 aromatic carbocycles. The van der Waals surface area contributed by atoms with E-state index < -0.39 is 32.5 Å². The summed E-state index contributed by atoms with van der Waals surface area (Å²) in [4.78, 5) is 34.8. The minimum Gasteiger partial charge on any atom is -0.462 e. The van der Waals surface area contributed by atoms with Crippen molar-refractivity contribution in [3.8, 4) is 0 Å². The Kier molecular flexibility index (Phi) is 42.5. The van der Waals surface area contributed by atoms with E-state index in [1.807, 2.05) is 0 Å².